The SMILES string of the molecule is CCC(c1ccc(-c2cc3cc(Cc4ccccn4)ccc3o2)c(F)c1)N1CC(C(=O)O)C1. The molecule has 6 heteroatoms. The molecule has 0 radical (unpaired) electrons. The van der Waals surface area contributed by atoms with Crippen LogP contribution in [0.4, 0.5) is 4.39 Å². The highest BCUT2D eigenvalue weighted by Gasteiger charge is 2.36. The lowest BCUT2D eigenvalue weighted by atomic mass is 9.92. The standard InChI is InChI=1S/C27H25FN2O3/c1-2-24(30-15-20(16-30)27(31)32)18-7-8-22(23(28)13-18)26-14-19-11-17(6-9-25(19)33-26)12-21-5-3-4-10-29-21/h3-11,13-14,20,24H,2,12,15-16H2,1H3,(H,31,32). The van der Waals surface area contributed by atoms with E-state index in [9.17, 15) is 4.79 Å². The van der Waals surface area contributed by atoms with Crippen molar-refractivity contribution in [1.82, 2.24) is 9.88 Å². The normalized spacial score (nSPS) is 15.5. The number of aliphatic carboxylic acids is 1. The summed E-state index contributed by atoms with van der Waals surface area (Å²) in [5.41, 5.74) is 4.10. The maximum absolute atomic E-state index is 15.1. The van der Waals surface area contributed by atoms with Crippen molar-refractivity contribution in [2.45, 2.75) is 25.8 Å². The zero-order chi connectivity index (χ0) is 22.9. The van der Waals surface area contributed by atoms with Crippen molar-refractivity contribution >= 4 is 16.9 Å². The van der Waals surface area contributed by atoms with Crippen LogP contribution in [0.15, 0.2) is 71.3 Å². The van der Waals surface area contributed by atoms with Crippen LogP contribution in [0.2, 0.25) is 0 Å². The van der Waals surface area contributed by atoms with E-state index in [2.05, 4.69) is 16.0 Å². The number of furan rings is 1. The van der Waals surface area contributed by atoms with Gasteiger partial charge < -0.3 is 9.52 Å². The summed E-state index contributed by atoms with van der Waals surface area (Å²) in [7, 11) is 0. The number of nitrogens with zero attached hydrogens (tertiary/aromatic N) is 2. The molecule has 1 fully saturated rings. The number of fused-ring (bicyclic) bond motifs is 1. The quantitative estimate of drug-likeness (QED) is 0.397. The molecule has 5 rings (SSSR count). The van der Waals surface area contributed by atoms with Gasteiger partial charge >= 0.3 is 5.97 Å². The minimum Gasteiger partial charge on any atom is -0.481 e. The van der Waals surface area contributed by atoms with Gasteiger partial charge in [-0.25, -0.2) is 4.39 Å². The van der Waals surface area contributed by atoms with Crippen LogP contribution in [-0.2, 0) is 11.2 Å². The summed E-state index contributed by atoms with van der Waals surface area (Å²) in [5, 5.41) is 10.1. The number of hydrogen-bond donors (Lipinski definition) is 1. The number of carboxylic acids is 1. The predicted molar refractivity (Wildman–Crippen MR) is 124 cm³/mol. The molecule has 2 aromatic heterocycles. The molecule has 3 heterocycles. The van der Waals surface area contributed by atoms with Gasteiger partial charge in [-0.1, -0.05) is 25.1 Å². The number of aromatic nitrogens is 1. The Bertz CT molecular complexity index is 1300. The van der Waals surface area contributed by atoms with Gasteiger partial charge in [0.1, 0.15) is 17.2 Å². The van der Waals surface area contributed by atoms with Gasteiger partial charge in [0, 0.05) is 42.8 Å². The van der Waals surface area contributed by atoms with Crippen molar-refractivity contribution < 1.29 is 18.7 Å². The second-order valence-corrected chi connectivity index (χ2v) is 8.63. The maximum atomic E-state index is 15.1. The molecule has 1 aliphatic heterocycles. The van der Waals surface area contributed by atoms with E-state index in [1.54, 1.807) is 18.3 Å². The van der Waals surface area contributed by atoms with Crippen LogP contribution < -0.4 is 0 Å². The summed E-state index contributed by atoms with van der Waals surface area (Å²) in [6, 6.07) is 18.9. The molecule has 1 unspecified atom stereocenters. The third-order valence-electron chi connectivity index (χ3n) is 6.42. The second kappa shape index (κ2) is 8.79. The molecule has 0 spiro atoms. The zero-order valence-electron chi connectivity index (χ0n) is 18.4. The van der Waals surface area contributed by atoms with E-state index in [1.807, 2.05) is 49.4 Å². The van der Waals surface area contributed by atoms with Gasteiger partial charge in [-0.05, 0) is 60.0 Å². The predicted octanol–water partition coefficient (Wildman–Crippen LogP) is 5.69. The Morgan fingerprint density at radius 2 is 2.03 bits per heavy atom. The van der Waals surface area contributed by atoms with Gasteiger partial charge in [-0.15, -0.1) is 0 Å². The molecule has 0 aliphatic carbocycles. The highest BCUT2D eigenvalue weighted by atomic mass is 19.1. The molecule has 5 nitrogen and oxygen atoms in total. The fraction of sp³-hybridized carbons (Fsp3) is 0.259. The first-order chi connectivity index (χ1) is 16.0. The largest absolute Gasteiger partial charge is 0.481 e. The highest BCUT2D eigenvalue weighted by molar-refractivity contribution is 5.83. The van der Waals surface area contributed by atoms with Gasteiger partial charge in [0.05, 0.1) is 11.5 Å². The van der Waals surface area contributed by atoms with Gasteiger partial charge in [0.15, 0.2) is 0 Å². The van der Waals surface area contributed by atoms with Gasteiger partial charge in [0.2, 0.25) is 0 Å². The van der Waals surface area contributed by atoms with Crippen LogP contribution in [0, 0.1) is 11.7 Å². The molecule has 4 aromatic rings. The molecule has 33 heavy (non-hydrogen) atoms. The fourth-order valence-corrected chi connectivity index (χ4v) is 4.61. The maximum Gasteiger partial charge on any atom is 0.309 e. The molecule has 168 valence electrons. The van der Waals surface area contributed by atoms with Crippen molar-refractivity contribution in [3.8, 4) is 11.3 Å². The first-order valence-corrected chi connectivity index (χ1v) is 11.2. The van der Waals surface area contributed by atoms with Crippen molar-refractivity contribution in [2.24, 2.45) is 5.92 Å². The van der Waals surface area contributed by atoms with Crippen LogP contribution in [0.5, 0.6) is 0 Å². The molecule has 2 aromatic carbocycles. The van der Waals surface area contributed by atoms with Crippen molar-refractivity contribution in [3.63, 3.8) is 0 Å². The molecule has 1 atom stereocenters. The Balaban J connectivity index is 1.37. The average molecular weight is 445 g/mol. The Hall–Kier alpha value is -3.51. The third kappa shape index (κ3) is 4.26. The van der Waals surface area contributed by atoms with E-state index in [-0.39, 0.29) is 17.8 Å². The van der Waals surface area contributed by atoms with E-state index in [0.717, 1.165) is 35.0 Å². The van der Waals surface area contributed by atoms with Crippen LogP contribution in [0.3, 0.4) is 0 Å². The summed E-state index contributed by atoms with van der Waals surface area (Å²) in [5.74, 6) is -0.946. The molecule has 0 amide bonds. The van der Waals surface area contributed by atoms with Gasteiger partial charge in [-0.2, -0.15) is 0 Å². The minimum atomic E-state index is -0.768. The number of likely N-dealkylation sites (tertiary alicyclic amines) is 1. The van der Waals surface area contributed by atoms with E-state index < -0.39 is 5.97 Å². The lowest BCUT2D eigenvalue weighted by molar-refractivity contribution is -0.148. The van der Waals surface area contributed by atoms with E-state index >= 15 is 4.39 Å². The lowest BCUT2D eigenvalue weighted by Gasteiger charge is -2.42. The highest BCUT2D eigenvalue weighted by Crippen LogP contribution is 2.35. The number of pyridine rings is 1. The monoisotopic (exact) mass is 444 g/mol. The smallest absolute Gasteiger partial charge is 0.309 e. The van der Waals surface area contributed by atoms with Crippen molar-refractivity contribution in [1.29, 1.82) is 0 Å². The van der Waals surface area contributed by atoms with E-state index in [0.29, 0.717) is 30.0 Å². The summed E-state index contributed by atoms with van der Waals surface area (Å²) in [6.07, 6.45) is 3.29. The molecule has 1 saturated heterocycles. The molecule has 1 N–H and O–H groups in total. The summed E-state index contributed by atoms with van der Waals surface area (Å²) < 4.78 is 21.1. The number of carbonyl (C=O) groups is 1. The van der Waals surface area contributed by atoms with Crippen LogP contribution in [0.1, 0.15) is 36.2 Å². The molecule has 0 bridgehead atoms. The number of carboxylic acid groups (broad SMARTS) is 1. The van der Waals surface area contributed by atoms with E-state index in [4.69, 9.17) is 9.52 Å². The first-order valence-electron chi connectivity index (χ1n) is 11.2. The van der Waals surface area contributed by atoms with Crippen LogP contribution in [-0.4, -0.2) is 34.0 Å². The topological polar surface area (TPSA) is 66.6 Å². The second-order valence-electron chi connectivity index (χ2n) is 8.63. The number of halogens is 1. The number of rotatable bonds is 7. The lowest BCUT2D eigenvalue weighted by Crippen LogP contribution is -2.51. The Morgan fingerprint density at radius 1 is 1.18 bits per heavy atom. The van der Waals surface area contributed by atoms with E-state index in [1.165, 1.54) is 0 Å². The summed E-state index contributed by atoms with van der Waals surface area (Å²) in [4.78, 5) is 17.6. The molecule has 1 aliphatic rings. The Labute approximate surface area is 191 Å². The van der Waals surface area contributed by atoms with Crippen LogP contribution in [0.25, 0.3) is 22.3 Å². The molecule has 0 saturated carbocycles. The van der Waals surface area contributed by atoms with Crippen molar-refractivity contribution in [2.75, 3.05) is 13.1 Å². The summed E-state index contributed by atoms with van der Waals surface area (Å²) in [6.45, 7) is 3.04. The fourth-order valence-electron chi connectivity index (χ4n) is 4.61. The van der Waals surface area contributed by atoms with Gasteiger partial charge in [-0.3, -0.25) is 14.7 Å². The number of benzene rings is 2. The third-order valence-corrected chi connectivity index (χ3v) is 6.42. The zero-order valence-corrected chi connectivity index (χ0v) is 18.4. The van der Waals surface area contributed by atoms with Crippen LogP contribution >= 0.6 is 0 Å². The molecular weight excluding hydrogens is 419 g/mol. The van der Waals surface area contributed by atoms with Crippen molar-refractivity contribution in [3.05, 3.63) is 89.5 Å². The Kier molecular flexibility index (Phi) is 5.68. The van der Waals surface area contributed by atoms with Gasteiger partial charge in [0.25, 0.3) is 0 Å². The average Bonchev–Trinajstić information content (AvgIpc) is 3.19. The summed E-state index contributed by atoms with van der Waals surface area (Å²) >= 11 is 0. The molecular formula is C27H25FN2O3. The number of hydrogen-bond acceptors (Lipinski definition) is 4. The Morgan fingerprint density at radius 3 is 2.73 bits per heavy atom. The first kappa shape index (κ1) is 21.3. The minimum absolute atomic E-state index is 0.00831.